The summed E-state index contributed by atoms with van der Waals surface area (Å²) < 4.78 is 5.77. The van der Waals surface area contributed by atoms with E-state index in [9.17, 15) is 10.1 Å². The highest BCUT2D eigenvalue weighted by molar-refractivity contribution is 5.94. The summed E-state index contributed by atoms with van der Waals surface area (Å²) in [6.45, 7) is 2.30. The van der Waals surface area contributed by atoms with Gasteiger partial charge in [-0.3, -0.25) is 9.78 Å². The average molecular weight is 375 g/mol. The molecule has 1 aliphatic heterocycles. The van der Waals surface area contributed by atoms with E-state index in [0.29, 0.717) is 29.3 Å². The van der Waals surface area contributed by atoms with Crippen LogP contribution in [0.4, 0.5) is 0 Å². The van der Waals surface area contributed by atoms with E-state index in [1.807, 2.05) is 29.2 Å². The van der Waals surface area contributed by atoms with Crippen LogP contribution >= 0.6 is 0 Å². The molecule has 2 aromatic rings. The zero-order valence-corrected chi connectivity index (χ0v) is 16.0. The second-order valence-corrected chi connectivity index (χ2v) is 7.73. The molecular formula is C23H25N3O2. The normalized spacial score (nSPS) is 19.0. The first-order chi connectivity index (χ1) is 13.7. The molecule has 0 radical (unpaired) electrons. The minimum atomic E-state index is 0.0653. The molecule has 2 heterocycles. The van der Waals surface area contributed by atoms with E-state index in [1.54, 1.807) is 18.3 Å². The molecule has 2 fully saturated rings. The van der Waals surface area contributed by atoms with Crippen molar-refractivity contribution in [2.24, 2.45) is 5.92 Å². The zero-order chi connectivity index (χ0) is 19.3. The minimum absolute atomic E-state index is 0.0653. The van der Waals surface area contributed by atoms with Crippen molar-refractivity contribution in [3.8, 4) is 17.3 Å². The second kappa shape index (κ2) is 8.53. The molecule has 1 atom stereocenters. The quantitative estimate of drug-likeness (QED) is 0.764. The van der Waals surface area contributed by atoms with Gasteiger partial charge in [0.25, 0.3) is 5.91 Å². The number of ether oxygens (including phenoxy) is 1. The predicted octanol–water partition coefficient (Wildman–Crippen LogP) is 4.04. The molecule has 1 amide bonds. The minimum Gasteiger partial charge on any atom is -0.376 e. The third-order valence-corrected chi connectivity index (χ3v) is 5.77. The van der Waals surface area contributed by atoms with Gasteiger partial charge in [0.15, 0.2) is 0 Å². The lowest BCUT2D eigenvalue weighted by molar-refractivity contribution is 0.0448. The Morgan fingerprint density at radius 3 is 2.61 bits per heavy atom. The Balaban J connectivity index is 1.52. The number of nitrogens with zero attached hydrogens (tertiary/aromatic N) is 3. The fourth-order valence-corrected chi connectivity index (χ4v) is 3.94. The van der Waals surface area contributed by atoms with Gasteiger partial charge in [0.05, 0.1) is 17.4 Å². The number of carbonyl (C=O) groups excluding carboxylic acids is 1. The summed E-state index contributed by atoms with van der Waals surface area (Å²) in [7, 11) is 0. The molecule has 4 rings (SSSR count). The van der Waals surface area contributed by atoms with Crippen LogP contribution in [0.3, 0.4) is 0 Å². The van der Waals surface area contributed by atoms with Crippen molar-refractivity contribution >= 4 is 5.91 Å². The van der Waals surface area contributed by atoms with E-state index in [0.717, 1.165) is 31.6 Å². The molecule has 1 saturated carbocycles. The van der Waals surface area contributed by atoms with Gasteiger partial charge in [-0.1, -0.05) is 18.6 Å². The van der Waals surface area contributed by atoms with Crippen LogP contribution in [-0.2, 0) is 4.74 Å². The van der Waals surface area contributed by atoms with E-state index in [-0.39, 0.29) is 12.0 Å². The SMILES string of the molecule is N#Cc1cccnc1-c1ccc(C(=O)N(CC2CCC2)C[C@H]2CCCO2)cc1. The molecule has 144 valence electrons. The van der Waals surface area contributed by atoms with E-state index in [4.69, 9.17) is 4.74 Å². The molecule has 0 spiro atoms. The molecular weight excluding hydrogens is 350 g/mol. The smallest absolute Gasteiger partial charge is 0.253 e. The number of pyridine rings is 1. The first-order valence-corrected chi connectivity index (χ1v) is 10.1. The van der Waals surface area contributed by atoms with Gasteiger partial charge >= 0.3 is 0 Å². The molecule has 0 bridgehead atoms. The van der Waals surface area contributed by atoms with Gasteiger partial charge in [-0.15, -0.1) is 0 Å². The van der Waals surface area contributed by atoms with E-state index in [2.05, 4.69) is 11.1 Å². The van der Waals surface area contributed by atoms with Crippen molar-refractivity contribution in [3.63, 3.8) is 0 Å². The maximum Gasteiger partial charge on any atom is 0.253 e. The number of benzene rings is 1. The van der Waals surface area contributed by atoms with Crippen molar-refractivity contribution in [1.29, 1.82) is 5.26 Å². The Morgan fingerprint density at radius 1 is 1.14 bits per heavy atom. The average Bonchev–Trinajstić information content (AvgIpc) is 3.22. The van der Waals surface area contributed by atoms with Crippen LogP contribution in [0.2, 0.25) is 0 Å². The lowest BCUT2D eigenvalue weighted by atomic mass is 9.85. The van der Waals surface area contributed by atoms with Crippen LogP contribution in [0.25, 0.3) is 11.3 Å². The Kier molecular flexibility index (Phi) is 5.68. The Hall–Kier alpha value is -2.71. The highest BCUT2D eigenvalue weighted by atomic mass is 16.5. The predicted molar refractivity (Wildman–Crippen MR) is 107 cm³/mol. The van der Waals surface area contributed by atoms with Gasteiger partial charge in [-0.05, 0) is 55.9 Å². The van der Waals surface area contributed by atoms with Crippen molar-refractivity contribution in [1.82, 2.24) is 9.88 Å². The van der Waals surface area contributed by atoms with Crippen LogP contribution in [0.5, 0.6) is 0 Å². The standard InChI is InChI=1S/C23H25N3O2/c24-14-20-6-2-12-25-22(20)18-8-10-19(11-9-18)23(27)26(15-17-4-1-5-17)16-21-7-3-13-28-21/h2,6,8-12,17,21H,1,3-5,7,13,15-16H2/t21-/m1/s1. The van der Waals surface area contributed by atoms with Crippen LogP contribution < -0.4 is 0 Å². The van der Waals surface area contributed by atoms with Crippen molar-refractivity contribution < 1.29 is 9.53 Å². The Labute approximate surface area is 166 Å². The van der Waals surface area contributed by atoms with Gasteiger partial charge in [0.1, 0.15) is 6.07 Å². The molecule has 2 aliphatic rings. The van der Waals surface area contributed by atoms with E-state index < -0.39 is 0 Å². The molecule has 1 saturated heterocycles. The fourth-order valence-electron chi connectivity index (χ4n) is 3.94. The third-order valence-electron chi connectivity index (χ3n) is 5.77. The molecule has 28 heavy (non-hydrogen) atoms. The number of aromatic nitrogens is 1. The lowest BCUT2D eigenvalue weighted by Crippen LogP contribution is -2.41. The Morgan fingerprint density at radius 2 is 1.96 bits per heavy atom. The summed E-state index contributed by atoms with van der Waals surface area (Å²) in [6.07, 6.45) is 7.65. The fraction of sp³-hybridized carbons (Fsp3) is 0.435. The topological polar surface area (TPSA) is 66.2 Å². The Bertz CT molecular complexity index is 862. The summed E-state index contributed by atoms with van der Waals surface area (Å²) in [6, 6.07) is 13.1. The molecule has 0 N–H and O–H groups in total. The van der Waals surface area contributed by atoms with Crippen LogP contribution in [0.15, 0.2) is 42.6 Å². The highest BCUT2D eigenvalue weighted by Gasteiger charge is 2.28. The summed E-state index contributed by atoms with van der Waals surface area (Å²) in [5.41, 5.74) is 2.70. The van der Waals surface area contributed by atoms with Crippen LogP contribution in [0, 0.1) is 17.2 Å². The largest absolute Gasteiger partial charge is 0.376 e. The van der Waals surface area contributed by atoms with E-state index in [1.165, 1.54) is 19.3 Å². The summed E-state index contributed by atoms with van der Waals surface area (Å²) >= 11 is 0. The summed E-state index contributed by atoms with van der Waals surface area (Å²) in [5.74, 6) is 0.687. The van der Waals surface area contributed by atoms with Crippen molar-refractivity contribution in [2.75, 3.05) is 19.7 Å². The first kappa shape index (κ1) is 18.6. The maximum atomic E-state index is 13.2. The number of amides is 1. The van der Waals surface area contributed by atoms with Gasteiger partial charge in [0, 0.05) is 37.0 Å². The van der Waals surface area contributed by atoms with Gasteiger partial charge in [0.2, 0.25) is 0 Å². The van der Waals surface area contributed by atoms with Gasteiger partial charge in [-0.2, -0.15) is 5.26 Å². The highest BCUT2D eigenvalue weighted by Crippen LogP contribution is 2.29. The number of hydrogen-bond donors (Lipinski definition) is 0. The first-order valence-electron chi connectivity index (χ1n) is 10.1. The van der Waals surface area contributed by atoms with Crippen molar-refractivity contribution in [2.45, 2.75) is 38.2 Å². The number of carbonyl (C=O) groups is 1. The molecule has 1 aromatic heterocycles. The van der Waals surface area contributed by atoms with Crippen LogP contribution in [-0.4, -0.2) is 41.6 Å². The monoisotopic (exact) mass is 375 g/mol. The van der Waals surface area contributed by atoms with Gasteiger partial charge in [-0.25, -0.2) is 0 Å². The molecule has 0 unspecified atom stereocenters. The molecule has 5 heteroatoms. The zero-order valence-electron chi connectivity index (χ0n) is 16.0. The molecule has 5 nitrogen and oxygen atoms in total. The number of hydrogen-bond acceptors (Lipinski definition) is 4. The van der Waals surface area contributed by atoms with Crippen molar-refractivity contribution in [3.05, 3.63) is 53.7 Å². The number of rotatable bonds is 6. The third kappa shape index (κ3) is 4.07. The van der Waals surface area contributed by atoms with Crippen LogP contribution in [0.1, 0.15) is 48.0 Å². The molecule has 1 aromatic carbocycles. The summed E-state index contributed by atoms with van der Waals surface area (Å²) in [4.78, 5) is 19.5. The molecule has 1 aliphatic carbocycles. The lowest BCUT2D eigenvalue weighted by Gasteiger charge is -2.33. The number of nitriles is 1. The second-order valence-electron chi connectivity index (χ2n) is 7.73. The van der Waals surface area contributed by atoms with E-state index >= 15 is 0 Å². The van der Waals surface area contributed by atoms with Gasteiger partial charge < -0.3 is 9.64 Å². The summed E-state index contributed by atoms with van der Waals surface area (Å²) in [5, 5.41) is 9.28. The maximum absolute atomic E-state index is 13.2.